The first kappa shape index (κ1) is 19.6. The van der Waals surface area contributed by atoms with Crippen LogP contribution in [0.25, 0.3) is 11.6 Å². The van der Waals surface area contributed by atoms with Crippen molar-refractivity contribution >= 4 is 11.6 Å². The number of allylic oxidation sites excluding steroid dienone is 3. The van der Waals surface area contributed by atoms with Crippen LogP contribution in [0.3, 0.4) is 0 Å². The predicted octanol–water partition coefficient (Wildman–Crippen LogP) is 7.76. The SMILES string of the molecule is C=C1C=C(c2ccccc2)c2c3c(c4c(c2C1)C(C)C(C)C(C)C4)C=CC(C)(C)C3. The van der Waals surface area contributed by atoms with Gasteiger partial charge >= 0.3 is 0 Å². The quantitative estimate of drug-likeness (QED) is 0.463. The van der Waals surface area contributed by atoms with Crippen LogP contribution >= 0.6 is 0 Å². The van der Waals surface area contributed by atoms with Gasteiger partial charge in [-0.15, -0.1) is 0 Å². The molecule has 0 heterocycles. The molecule has 3 atom stereocenters. The monoisotopic (exact) mass is 394 g/mol. The van der Waals surface area contributed by atoms with Gasteiger partial charge in [-0.3, -0.25) is 0 Å². The molecule has 0 aromatic heterocycles. The van der Waals surface area contributed by atoms with Gasteiger partial charge in [-0.05, 0) is 86.9 Å². The zero-order valence-electron chi connectivity index (χ0n) is 19.2. The second-order valence-electron chi connectivity index (χ2n) is 10.7. The van der Waals surface area contributed by atoms with E-state index in [2.05, 4.69) is 89.8 Å². The summed E-state index contributed by atoms with van der Waals surface area (Å²) in [6.45, 7) is 16.6. The molecule has 30 heavy (non-hydrogen) atoms. The molecule has 5 rings (SSSR count). The summed E-state index contributed by atoms with van der Waals surface area (Å²) in [5.41, 5.74) is 13.6. The van der Waals surface area contributed by atoms with Crippen molar-refractivity contribution in [2.24, 2.45) is 17.3 Å². The molecular weight excluding hydrogens is 360 g/mol. The lowest BCUT2D eigenvalue weighted by Gasteiger charge is -2.42. The summed E-state index contributed by atoms with van der Waals surface area (Å²) < 4.78 is 0. The zero-order valence-corrected chi connectivity index (χ0v) is 19.2. The fourth-order valence-corrected chi connectivity index (χ4v) is 6.11. The minimum atomic E-state index is 0.199. The van der Waals surface area contributed by atoms with Gasteiger partial charge < -0.3 is 0 Å². The molecule has 2 aromatic rings. The van der Waals surface area contributed by atoms with Crippen molar-refractivity contribution < 1.29 is 0 Å². The molecule has 0 saturated carbocycles. The van der Waals surface area contributed by atoms with E-state index in [9.17, 15) is 0 Å². The Morgan fingerprint density at radius 1 is 0.967 bits per heavy atom. The van der Waals surface area contributed by atoms with E-state index < -0.39 is 0 Å². The number of hydrogen-bond donors (Lipinski definition) is 0. The smallest absolute Gasteiger partial charge is 0.00222 e. The highest BCUT2D eigenvalue weighted by atomic mass is 14.4. The van der Waals surface area contributed by atoms with Gasteiger partial charge in [-0.25, -0.2) is 0 Å². The van der Waals surface area contributed by atoms with Gasteiger partial charge in [-0.2, -0.15) is 0 Å². The van der Waals surface area contributed by atoms with Crippen molar-refractivity contribution in [2.75, 3.05) is 0 Å². The van der Waals surface area contributed by atoms with E-state index in [4.69, 9.17) is 0 Å². The van der Waals surface area contributed by atoms with E-state index in [1.807, 2.05) is 0 Å². The fourth-order valence-electron chi connectivity index (χ4n) is 6.11. The maximum absolute atomic E-state index is 4.45. The normalized spacial score (nSPS) is 26.5. The van der Waals surface area contributed by atoms with Gasteiger partial charge in [0, 0.05) is 0 Å². The van der Waals surface area contributed by atoms with Crippen LogP contribution in [0.1, 0.15) is 79.5 Å². The number of rotatable bonds is 1. The predicted molar refractivity (Wildman–Crippen MR) is 130 cm³/mol. The maximum Gasteiger partial charge on any atom is -0.00222 e. The Labute approximate surface area is 182 Å². The largest absolute Gasteiger partial charge is 0.0955 e. The van der Waals surface area contributed by atoms with E-state index >= 15 is 0 Å². The van der Waals surface area contributed by atoms with Crippen LogP contribution < -0.4 is 0 Å². The molecule has 0 spiro atoms. The molecule has 0 aliphatic heterocycles. The van der Waals surface area contributed by atoms with Crippen LogP contribution in [-0.4, -0.2) is 0 Å². The third kappa shape index (κ3) is 2.96. The number of fused-ring (bicyclic) bond motifs is 6. The Kier molecular flexibility index (Phi) is 4.47. The Balaban J connectivity index is 1.87. The van der Waals surface area contributed by atoms with E-state index in [0.717, 1.165) is 18.8 Å². The van der Waals surface area contributed by atoms with Crippen LogP contribution in [0.4, 0.5) is 0 Å². The summed E-state index contributed by atoms with van der Waals surface area (Å²) in [5, 5.41) is 0. The molecule has 0 fully saturated rings. The molecule has 0 nitrogen and oxygen atoms in total. The van der Waals surface area contributed by atoms with Crippen molar-refractivity contribution in [3.05, 3.63) is 93.6 Å². The topological polar surface area (TPSA) is 0 Å². The minimum Gasteiger partial charge on any atom is -0.0955 e. The first-order valence-corrected chi connectivity index (χ1v) is 11.6. The molecule has 154 valence electrons. The third-order valence-corrected chi connectivity index (χ3v) is 8.01. The third-order valence-electron chi connectivity index (χ3n) is 8.01. The van der Waals surface area contributed by atoms with Gasteiger partial charge in [0.25, 0.3) is 0 Å². The van der Waals surface area contributed by atoms with Gasteiger partial charge in [0.05, 0.1) is 0 Å². The van der Waals surface area contributed by atoms with Crippen molar-refractivity contribution in [1.82, 2.24) is 0 Å². The molecule has 0 radical (unpaired) electrons. The highest BCUT2D eigenvalue weighted by molar-refractivity contribution is 5.90. The van der Waals surface area contributed by atoms with E-state index in [1.54, 1.807) is 22.3 Å². The molecule has 3 unspecified atom stereocenters. The lowest BCUT2D eigenvalue weighted by atomic mass is 9.63. The van der Waals surface area contributed by atoms with Gasteiger partial charge in [0.1, 0.15) is 0 Å². The molecule has 0 amide bonds. The summed E-state index contributed by atoms with van der Waals surface area (Å²) in [4.78, 5) is 0. The number of hydrogen-bond acceptors (Lipinski definition) is 0. The summed E-state index contributed by atoms with van der Waals surface area (Å²) >= 11 is 0. The Hall–Kier alpha value is -2.34. The van der Waals surface area contributed by atoms with Crippen LogP contribution in [0.2, 0.25) is 0 Å². The fraction of sp³-hybridized carbons (Fsp3) is 0.400. The van der Waals surface area contributed by atoms with E-state index in [1.165, 1.54) is 34.3 Å². The Morgan fingerprint density at radius 2 is 1.70 bits per heavy atom. The van der Waals surface area contributed by atoms with E-state index in [0.29, 0.717) is 11.8 Å². The van der Waals surface area contributed by atoms with Crippen LogP contribution in [0.5, 0.6) is 0 Å². The first-order valence-electron chi connectivity index (χ1n) is 11.6. The second-order valence-corrected chi connectivity index (χ2v) is 10.7. The molecule has 0 N–H and O–H groups in total. The molecule has 0 heteroatoms. The zero-order chi connectivity index (χ0) is 21.2. The van der Waals surface area contributed by atoms with Crippen molar-refractivity contribution in [1.29, 1.82) is 0 Å². The summed E-state index contributed by atoms with van der Waals surface area (Å²) in [6.07, 6.45) is 10.6. The van der Waals surface area contributed by atoms with Crippen LogP contribution in [-0.2, 0) is 19.3 Å². The molecule has 2 aromatic carbocycles. The lowest BCUT2D eigenvalue weighted by molar-refractivity contribution is 0.311. The second kappa shape index (κ2) is 6.84. The summed E-state index contributed by atoms with van der Waals surface area (Å²) in [6, 6.07) is 11.0. The maximum atomic E-state index is 4.45. The molecule has 3 aliphatic rings. The van der Waals surface area contributed by atoms with Gasteiger partial charge in [0.2, 0.25) is 0 Å². The summed E-state index contributed by atoms with van der Waals surface area (Å²) in [5.74, 6) is 2.03. The van der Waals surface area contributed by atoms with Crippen molar-refractivity contribution in [3.63, 3.8) is 0 Å². The average Bonchev–Trinajstić information content (AvgIpc) is 2.71. The number of benzene rings is 2. The molecule has 3 aliphatic carbocycles. The lowest BCUT2D eigenvalue weighted by Crippen LogP contribution is -2.30. The van der Waals surface area contributed by atoms with Gasteiger partial charge in [0.15, 0.2) is 0 Å². The summed E-state index contributed by atoms with van der Waals surface area (Å²) in [7, 11) is 0. The average molecular weight is 395 g/mol. The molecule has 0 bridgehead atoms. The Morgan fingerprint density at radius 3 is 2.43 bits per heavy atom. The minimum absolute atomic E-state index is 0.199. The van der Waals surface area contributed by atoms with Crippen LogP contribution in [0, 0.1) is 17.3 Å². The first-order chi connectivity index (χ1) is 14.3. The van der Waals surface area contributed by atoms with Crippen LogP contribution in [0.15, 0.2) is 54.6 Å². The standard InChI is InChI=1S/C30H34/c1-18-14-24(22-10-8-7-9-11-22)29-26(15-18)28-21(4)20(3)19(2)16-25(28)23-12-13-30(5,6)17-27(23)29/h7-14,19-21H,1,15-17H2,2-6H3. The highest BCUT2D eigenvalue weighted by Crippen LogP contribution is 2.51. The molecule has 0 saturated heterocycles. The highest BCUT2D eigenvalue weighted by Gasteiger charge is 2.38. The van der Waals surface area contributed by atoms with Gasteiger partial charge in [-0.1, -0.05) is 95.3 Å². The Bertz CT molecular complexity index is 1090. The van der Waals surface area contributed by atoms with E-state index in [-0.39, 0.29) is 5.41 Å². The molecular formula is C30H34. The van der Waals surface area contributed by atoms with Crippen molar-refractivity contribution in [2.45, 2.75) is 59.8 Å². The van der Waals surface area contributed by atoms with Crippen molar-refractivity contribution in [3.8, 4) is 0 Å².